The Hall–Kier alpha value is -2.13. The molecule has 2 aromatic carbocycles. The minimum absolute atomic E-state index is 0.0261. The first-order valence-corrected chi connectivity index (χ1v) is 10.7. The summed E-state index contributed by atoms with van der Waals surface area (Å²) in [5.74, 6) is -0.0261. The number of hydrogen-bond donors (Lipinski definition) is 1. The first kappa shape index (κ1) is 19.2. The van der Waals surface area contributed by atoms with Crippen molar-refractivity contribution >= 4 is 5.97 Å². The summed E-state index contributed by atoms with van der Waals surface area (Å²) in [5, 5.41) is 3.42. The molecule has 0 amide bonds. The lowest BCUT2D eigenvalue weighted by atomic mass is 9.69. The van der Waals surface area contributed by atoms with Gasteiger partial charge in [0.25, 0.3) is 0 Å². The standard InChI is InChI=1S/C25H31NO2/c1-20-10-12-21(13-11-20)24(14-6-3-7-15-24)23(27)28-25(16-18-26-19-17-25)22-8-4-2-5-9-22/h2,4-5,8-13,26H,3,6-7,14-19H2,1H3. The van der Waals surface area contributed by atoms with Crippen LogP contribution in [0.2, 0.25) is 0 Å². The van der Waals surface area contributed by atoms with Crippen LogP contribution in [0.15, 0.2) is 54.6 Å². The van der Waals surface area contributed by atoms with Gasteiger partial charge in [-0.2, -0.15) is 0 Å². The van der Waals surface area contributed by atoms with Gasteiger partial charge in [0.1, 0.15) is 5.60 Å². The third-order valence-electron chi connectivity index (χ3n) is 6.70. The Labute approximate surface area is 168 Å². The predicted molar refractivity (Wildman–Crippen MR) is 112 cm³/mol. The van der Waals surface area contributed by atoms with E-state index in [1.54, 1.807) is 0 Å². The number of rotatable bonds is 4. The van der Waals surface area contributed by atoms with E-state index in [4.69, 9.17) is 4.74 Å². The summed E-state index contributed by atoms with van der Waals surface area (Å²) in [7, 11) is 0. The Balaban J connectivity index is 1.69. The Morgan fingerprint density at radius 3 is 2.11 bits per heavy atom. The van der Waals surface area contributed by atoms with Gasteiger partial charge in [0.2, 0.25) is 0 Å². The molecule has 1 aliphatic carbocycles. The number of nitrogens with one attached hydrogen (secondary N) is 1. The minimum atomic E-state index is -0.515. The van der Waals surface area contributed by atoms with E-state index in [1.807, 2.05) is 18.2 Å². The van der Waals surface area contributed by atoms with Gasteiger partial charge in [0.05, 0.1) is 5.41 Å². The number of benzene rings is 2. The monoisotopic (exact) mass is 377 g/mol. The lowest BCUT2D eigenvalue weighted by Gasteiger charge is -2.42. The fourth-order valence-corrected chi connectivity index (χ4v) is 4.94. The van der Waals surface area contributed by atoms with Crippen LogP contribution in [0.3, 0.4) is 0 Å². The van der Waals surface area contributed by atoms with Crippen molar-refractivity contribution in [2.24, 2.45) is 0 Å². The molecule has 1 aliphatic heterocycles. The highest BCUT2D eigenvalue weighted by atomic mass is 16.6. The largest absolute Gasteiger partial charge is 0.453 e. The maximum Gasteiger partial charge on any atom is 0.317 e. The van der Waals surface area contributed by atoms with Gasteiger partial charge in [-0.1, -0.05) is 79.4 Å². The SMILES string of the molecule is Cc1ccc(C2(C(=O)OC3(c4ccccc4)CCNCC3)CCCCC2)cc1. The van der Waals surface area contributed by atoms with E-state index >= 15 is 0 Å². The summed E-state index contributed by atoms with van der Waals surface area (Å²) < 4.78 is 6.51. The van der Waals surface area contributed by atoms with E-state index in [9.17, 15) is 4.79 Å². The summed E-state index contributed by atoms with van der Waals surface area (Å²) in [6.45, 7) is 3.84. The fraction of sp³-hybridized carbons (Fsp3) is 0.480. The molecule has 0 bridgehead atoms. The molecule has 2 fully saturated rings. The average molecular weight is 378 g/mol. The molecule has 1 N–H and O–H groups in total. The molecular weight excluding hydrogens is 346 g/mol. The number of piperidine rings is 1. The molecule has 2 aromatic rings. The molecule has 2 aliphatic rings. The maximum absolute atomic E-state index is 13.8. The number of esters is 1. The van der Waals surface area contributed by atoms with Crippen molar-refractivity contribution in [2.75, 3.05) is 13.1 Å². The van der Waals surface area contributed by atoms with Crippen molar-refractivity contribution in [3.8, 4) is 0 Å². The van der Waals surface area contributed by atoms with Gasteiger partial charge < -0.3 is 10.1 Å². The van der Waals surface area contributed by atoms with E-state index in [1.165, 1.54) is 12.0 Å². The number of carbonyl (C=O) groups excluding carboxylic acids is 1. The van der Waals surface area contributed by atoms with Crippen LogP contribution in [0.5, 0.6) is 0 Å². The molecule has 1 heterocycles. The topological polar surface area (TPSA) is 38.3 Å². The summed E-state index contributed by atoms with van der Waals surface area (Å²) in [5.41, 5.74) is 2.46. The van der Waals surface area contributed by atoms with Crippen LogP contribution in [0.4, 0.5) is 0 Å². The normalized spacial score (nSPS) is 21.0. The Morgan fingerprint density at radius 1 is 0.821 bits per heavy atom. The summed E-state index contributed by atoms with van der Waals surface area (Å²) in [4.78, 5) is 13.8. The number of hydrogen-bond acceptors (Lipinski definition) is 3. The molecule has 3 nitrogen and oxygen atoms in total. The summed E-state index contributed by atoms with van der Waals surface area (Å²) in [6.07, 6.45) is 6.80. The molecule has 0 unspecified atom stereocenters. The average Bonchev–Trinajstić information content (AvgIpc) is 2.76. The number of aryl methyl sites for hydroxylation is 1. The molecule has 0 radical (unpaired) electrons. The molecule has 148 valence electrons. The maximum atomic E-state index is 13.8. The molecular formula is C25H31NO2. The molecule has 0 aromatic heterocycles. The second-order valence-electron chi connectivity index (χ2n) is 8.51. The summed E-state index contributed by atoms with van der Waals surface area (Å²) >= 11 is 0. The van der Waals surface area contributed by atoms with Gasteiger partial charge in [-0.25, -0.2) is 0 Å². The van der Waals surface area contributed by atoms with Gasteiger partial charge in [0.15, 0.2) is 0 Å². The predicted octanol–water partition coefficient (Wildman–Crippen LogP) is 5.02. The van der Waals surface area contributed by atoms with Gasteiger partial charge in [-0.05, 0) is 44.0 Å². The van der Waals surface area contributed by atoms with Crippen molar-refractivity contribution < 1.29 is 9.53 Å². The Kier molecular flexibility index (Phi) is 5.54. The molecule has 3 heteroatoms. The highest BCUT2D eigenvalue weighted by molar-refractivity contribution is 5.84. The molecule has 1 saturated heterocycles. The van der Waals surface area contributed by atoms with E-state index in [2.05, 4.69) is 48.6 Å². The molecule has 4 rings (SSSR count). The van der Waals surface area contributed by atoms with Crippen LogP contribution in [0.25, 0.3) is 0 Å². The quantitative estimate of drug-likeness (QED) is 0.761. The van der Waals surface area contributed by atoms with Gasteiger partial charge in [-0.3, -0.25) is 4.79 Å². The molecule has 1 saturated carbocycles. The van der Waals surface area contributed by atoms with Crippen molar-refractivity contribution in [3.63, 3.8) is 0 Å². The van der Waals surface area contributed by atoms with Crippen LogP contribution in [-0.2, 0) is 20.5 Å². The van der Waals surface area contributed by atoms with Crippen LogP contribution < -0.4 is 5.32 Å². The number of ether oxygens (including phenoxy) is 1. The zero-order valence-corrected chi connectivity index (χ0v) is 16.9. The third kappa shape index (κ3) is 3.60. The molecule has 0 atom stereocenters. The third-order valence-corrected chi connectivity index (χ3v) is 6.70. The van der Waals surface area contributed by atoms with Crippen molar-refractivity contribution in [2.45, 2.75) is 62.9 Å². The zero-order valence-electron chi connectivity index (χ0n) is 16.9. The van der Waals surface area contributed by atoms with E-state index in [0.29, 0.717) is 0 Å². The summed E-state index contributed by atoms with van der Waals surface area (Å²) in [6, 6.07) is 18.9. The van der Waals surface area contributed by atoms with Crippen LogP contribution in [0.1, 0.15) is 61.6 Å². The minimum Gasteiger partial charge on any atom is -0.453 e. The van der Waals surface area contributed by atoms with Crippen molar-refractivity contribution in [1.82, 2.24) is 5.32 Å². The lowest BCUT2D eigenvalue weighted by molar-refractivity contribution is -0.173. The number of carbonyl (C=O) groups is 1. The lowest BCUT2D eigenvalue weighted by Crippen LogP contribution is -2.48. The van der Waals surface area contributed by atoms with Crippen LogP contribution in [-0.4, -0.2) is 19.1 Å². The molecule has 28 heavy (non-hydrogen) atoms. The Bertz CT molecular complexity index is 785. The van der Waals surface area contributed by atoms with E-state index in [-0.39, 0.29) is 5.97 Å². The van der Waals surface area contributed by atoms with Gasteiger partial charge in [0, 0.05) is 12.8 Å². The second-order valence-corrected chi connectivity index (χ2v) is 8.51. The second kappa shape index (κ2) is 8.08. The first-order chi connectivity index (χ1) is 13.6. The van der Waals surface area contributed by atoms with Crippen LogP contribution >= 0.6 is 0 Å². The highest BCUT2D eigenvalue weighted by Crippen LogP contribution is 2.44. The smallest absolute Gasteiger partial charge is 0.317 e. The van der Waals surface area contributed by atoms with E-state index in [0.717, 1.165) is 62.7 Å². The van der Waals surface area contributed by atoms with Gasteiger partial charge in [-0.15, -0.1) is 0 Å². The zero-order chi connectivity index (χ0) is 19.5. The fourth-order valence-electron chi connectivity index (χ4n) is 4.94. The molecule has 0 spiro atoms. The van der Waals surface area contributed by atoms with Gasteiger partial charge >= 0.3 is 5.97 Å². The van der Waals surface area contributed by atoms with E-state index < -0.39 is 11.0 Å². The van der Waals surface area contributed by atoms with Crippen molar-refractivity contribution in [1.29, 1.82) is 0 Å². The first-order valence-electron chi connectivity index (χ1n) is 10.7. The van der Waals surface area contributed by atoms with Crippen molar-refractivity contribution in [3.05, 3.63) is 71.3 Å². The van der Waals surface area contributed by atoms with Crippen LogP contribution in [0, 0.1) is 6.92 Å². The highest BCUT2D eigenvalue weighted by Gasteiger charge is 2.47. The Morgan fingerprint density at radius 2 is 1.46 bits per heavy atom.